The van der Waals surface area contributed by atoms with Gasteiger partial charge in [0.15, 0.2) is 0 Å². The maximum Gasteiger partial charge on any atom is 0.137 e. The lowest BCUT2D eigenvalue weighted by Crippen LogP contribution is -1.91. The Hall–Kier alpha value is -4.24. The maximum absolute atomic E-state index is 13.4. The molecule has 0 radical (unpaired) electrons. The second-order valence-electron chi connectivity index (χ2n) is 7.05. The summed E-state index contributed by atoms with van der Waals surface area (Å²) in [6, 6.07) is 19.9. The average molecular weight is 393 g/mol. The second kappa shape index (κ2) is 6.98. The summed E-state index contributed by atoms with van der Waals surface area (Å²) in [7, 11) is 1.87. The number of aryl methyl sites for hydroxylation is 1. The lowest BCUT2D eigenvalue weighted by Gasteiger charge is -2.07. The first-order chi connectivity index (χ1) is 14.6. The number of aromatic nitrogens is 4. The molecule has 0 fully saturated rings. The minimum Gasteiger partial charge on any atom is -0.299 e. The molecule has 0 saturated carbocycles. The molecule has 30 heavy (non-hydrogen) atoms. The third kappa shape index (κ3) is 3.03. The van der Waals surface area contributed by atoms with E-state index in [9.17, 15) is 4.39 Å². The SMILES string of the molecule is Cn1cc(-c2ccc3ncc(-c4ccc(C#N)cc4)n3c2)c(-c2ccc(F)cc2)n1. The van der Waals surface area contributed by atoms with Gasteiger partial charge in [-0.2, -0.15) is 10.4 Å². The Kier molecular flexibility index (Phi) is 4.15. The molecule has 0 aliphatic rings. The number of benzene rings is 2. The Morgan fingerprint density at radius 2 is 1.57 bits per heavy atom. The van der Waals surface area contributed by atoms with Crippen molar-refractivity contribution in [2.24, 2.45) is 7.05 Å². The smallest absolute Gasteiger partial charge is 0.137 e. The van der Waals surface area contributed by atoms with Crippen LogP contribution < -0.4 is 0 Å². The summed E-state index contributed by atoms with van der Waals surface area (Å²) >= 11 is 0. The minimum absolute atomic E-state index is 0.275. The molecule has 3 aromatic heterocycles. The van der Waals surface area contributed by atoms with Crippen molar-refractivity contribution in [2.45, 2.75) is 0 Å². The molecule has 2 aromatic carbocycles. The number of pyridine rings is 1. The molecule has 144 valence electrons. The fraction of sp³-hybridized carbons (Fsp3) is 0.0417. The molecule has 5 nitrogen and oxygen atoms in total. The number of hydrogen-bond donors (Lipinski definition) is 0. The topological polar surface area (TPSA) is 58.9 Å². The third-order valence-corrected chi connectivity index (χ3v) is 5.07. The van der Waals surface area contributed by atoms with E-state index in [1.807, 2.05) is 54.3 Å². The van der Waals surface area contributed by atoms with E-state index >= 15 is 0 Å². The van der Waals surface area contributed by atoms with Gasteiger partial charge in [-0.05, 0) is 48.5 Å². The molecule has 0 N–H and O–H groups in total. The Labute approximate surface area is 172 Å². The third-order valence-electron chi connectivity index (χ3n) is 5.07. The first-order valence-corrected chi connectivity index (χ1v) is 9.40. The molecule has 6 heteroatoms. The van der Waals surface area contributed by atoms with E-state index in [4.69, 9.17) is 5.26 Å². The molecular formula is C24H16FN5. The Bertz CT molecular complexity index is 1400. The van der Waals surface area contributed by atoms with Crippen molar-refractivity contribution in [1.29, 1.82) is 5.26 Å². The van der Waals surface area contributed by atoms with Crippen molar-refractivity contribution in [3.05, 3.63) is 90.6 Å². The van der Waals surface area contributed by atoms with Crippen LogP contribution in [-0.2, 0) is 7.05 Å². The summed E-state index contributed by atoms with van der Waals surface area (Å²) in [5, 5.41) is 13.6. The van der Waals surface area contributed by atoms with E-state index in [0.29, 0.717) is 5.56 Å². The number of hydrogen-bond acceptors (Lipinski definition) is 3. The number of nitriles is 1. The summed E-state index contributed by atoms with van der Waals surface area (Å²) < 4.78 is 17.2. The van der Waals surface area contributed by atoms with Crippen molar-refractivity contribution >= 4 is 5.65 Å². The molecule has 5 aromatic rings. The molecular weight excluding hydrogens is 377 g/mol. The first-order valence-electron chi connectivity index (χ1n) is 9.40. The first kappa shape index (κ1) is 17.8. The van der Waals surface area contributed by atoms with Crippen molar-refractivity contribution in [3.63, 3.8) is 0 Å². The van der Waals surface area contributed by atoms with Gasteiger partial charge in [0.2, 0.25) is 0 Å². The van der Waals surface area contributed by atoms with Crippen LogP contribution >= 0.6 is 0 Å². The van der Waals surface area contributed by atoms with Crippen molar-refractivity contribution < 1.29 is 4.39 Å². The summed E-state index contributed by atoms with van der Waals surface area (Å²) in [5.74, 6) is -0.275. The van der Waals surface area contributed by atoms with Crippen molar-refractivity contribution in [1.82, 2.24) is 19.2 Å². The van der Waals surface area contributed by atoms with E-state index < -0.39 is 0 Å². The number of rotatable bonds is 3. The van der Waals surface area contributed by atoms with Crippen LogP contribution in [0.15, 0.2) is 79.3 Å². The highest BCUT2D eigenvalue weighted by molar-refractivity contribution is 5.81. The molecule has 0 atom stereocenters. The molecule has 3 heterocycles. The van der Waals surface area contributed by atoms with Gasteiger partial charge >= 0.3 is 0 Å². The van der Waals surface area contributed by atoms with Crippen LogP contribution in [0.2, 0.25) is 0 Å². The number of imidazole rings is 1. The number of fused-ring (bicyclic) bond motifs is 1. The number of nitrogens with zero attached hydrogens (tertiary/aromatic N) is 5. The van der Waals surface area contributed by atoms with E-state index in [-0.39, 0.29) is 5.82 Å². The highest BCUT2D eigenvalue weighted by Crippen LogP contribution is 2.32. The van der Waals surface area contributed by atoms with Gasteiger partial charge in [-0.15, -0.1) is 0 Å². The monoisotopic (exact) mass is 393 g/mol. The van der Waals surface area contributed by atoms with Crippen LogP contribution in [0.25, 0.3) is 39.3 Å². The van der Waals surface area contributed by atoms with Crippen LogP contribution in [0.4, 0.5) is 4.39 Å². The summed E-state index contributed by atoms with van der Waals surface area (Å²) in [5.41, 5.74) is 6.92. The Balaban J connectivity index is 1.64. The lowest BCUT2D eigenvalue weighted by molar-refractivity contribution is 0.628. The van der Waals surface area contributed by atoms with Gasteiger partial charge in [0.25, 0.3) is 0 Å². The molecule has 0 aliphatic carbocycles. The molecule has 0 bridgehead atoms. The molecule has 0 aliphatic heterocycles. The van der Waals surface area contributed by atoms with E-state index in [0.717, 1.165) is 39.3 Å². The minimum atomic E-state index is -0.275. The van der Waals surface area contributed by atoms with Crippen LogP contribution in [0.5, 0.6) is 0 Å². The highest BCUT2D eigenvalue weighted by Gasteiger charge is 2.14. The zero-order valence-corrected chi connectivity index (χ0v) is 16.1. The molecule has 0 saturated heterocycles. The second-order valence-corrected chi connectivity index (χ2v) is 7.05. The van der Waals surface area contributed by atoms with Gasteiger partial charge in [0.1, 0.15) is 17.2 Å². The summed E-state index contributed by atoms with van der Waals surface area (Å²) in [6.45, 7) is 0. The van der Waals surface area contributed by atoms with E-state index in [2.05, 4.69) is 16.2 Å². The van der Waals surface area contributed by atoms with Gasteiger partial charge in [0.05, 0.1) is 23.5 Å². The summed E-state index contributed by atoms with van der Waals surface area (Å²) in [4.78, 5) is 4.50. The fourth-order valence-corrected chi connectivity index (χ4v) is 3.59. The molecule has 0 amide bonds. The van der Waals surface area contributed by atoms with Crippen LogP contribution in [0, 0.1) is 17.1 Å². The molecule has 5 rings (SSSR count). The van der Waals surface area contributed by atoms with Crippen molar-refractivity contribution in [3.8, 4) is 39.7 Å². The molecule has 0 unspecified atom stereocenters. The Morgan fingerprint density at radius 3 is 2.30 bits per heavy atom. The Morgan fingerprint density at radius 1 is 0.867 bits per heavy atom. The largest absolute Gasteiger partial charge is 0.299 e. The predicted octanol–water partition coefficient (Wildman–Crippen LogP) is 5.08. The number of halogens is 1. The average Bonchev–Trinajstić information content (AvgIpc) is 3.37. The predicted molar refractivity (Wildman–Crippen MR) is 113 cm³/mol. The van der Waals surface area contributed by atoms with Gasteiger partial charge in [0, 0.05) is 41.7 Å². The lowest BCUT2D eigenvalue weighted by atomic mass is 10.0. The molecule has 0 spiro atoms. The van der Waals surface area contributed by atoms with E-state index in [1.54, 1.807) is 28.9 Å². The summed E-state index contributed by atoms with van der Waals surface area (Å²) in [6.07, 6.45) is 5.81. The van der Waals surface area contributed by atoms with Gasteiger partial charge in [-0.3, -0.25) is 9.08 Å². The normalized spacial score (nSPS) is 11.0. The van der Waals surface area contributed by atoms with Gasteiger partial charge in [-0.25, -0.2) is 9.37 Å². The highest BCUT2D eigenvalue weighted by atomic mass is 19.1. The quantitative estimate of drug-likeness (QED) is 0.429. The van der Waals surface area contributed by atoms with E-state index in [1.165, 1.54) is 12.1 Å². The van der Waals surface area contributed by atoms with Crippen LogP contribution in [0.3, 0.4) is 0 Å². The zero-order valence-electron chi connectivity index (χ0n) is 16.1. The standard InChI is InChI=1S/C24H16FN5/c1-29-15-21(24(28-29)18-6-9-20(25)10-7-18)19-8-11-23-27-13-22(30(23)14-19)17-4-2-16(12-26)3-5-17/h2-11,13-15H,1H3. The van der Waals surface area contributed by atoms with Crippen molar-refractivity contribution in [2.75, 3.05) is 0 Å². The maximum atomic E-state index is 13.4. The van der Waals surface area contributed by atoms with Crippen LogP contribution in [0.1, 0.15) is 5.56 Å². The zero-order chi connectivity index (χ0) is 20.7. The van der Waals surface area contributed by atoms with Crippen LogP contribution in [-0.4, -0.2) is 19.2 Å². The fourth-order valence-electron chi connectivity index (χ4n) is 3.59. The van der Waals surface area contributed by atoms with Gasteiger partial charge < -0.3 is 0 Å². The van der Waals surface area contributed by atoms with Gasteiger partial charge in [-0.1, -0.05) is 12.1 Å².